The highest BCUT2D eigenvalue weighted by molar-refractivity contribution is 7.33. The van der Waals surface area contributed by atoms with Gasteiger partial charge in [-0.1, -0.05) is 60.7 Å². The fraction of sp³-hybridized carbons (Fsp3) is 0.364. The summed E-state index contributed by atoms with van der Waals surface area (Å²) in [7, 11) is -2.57. The van der Waals surface area contributed by atoms with Gasteiger partial charge in [0.2, 0.25) is 0 Å². The molecular formula is C22H26O5P+. The van der Waals surface area contributed by atoms with E-state index in [4.69, 9.17) is 9.05 Å². The predicted molar refractivity (Wildman–Crippen MR) is 108 cm³/mol. The predicted octanol–water partition coefficient (Wildman–Crippen LogP) is 4.77. The van der Waals surface area contributed by atoms with E-state index in [-0.39, 0.29) is 24.8 Å². The van der Waals surface area contributed by atoms with E-state index in [0.29, 0.717) is 0 Å². The van der Waals surface area contributed by atoms with Crippen LogP contribution in [0.5, 0.6) is 0 Å². The van der Waals surface area contributed by atoms with E-state index >= 15 is 0 Å². The Balaban J connectivity index is 1.86. The number of carbonyl (C=O) groups excluding carboxylic acids is 2. The number of carbonyl (C=O) groups is 2. The van der Waals surface area contributed by atoms with Crippen LogP contribution in [0.2, 0.25) is 0 Å². The summed E-state index contributed by atoms with van der Waals surface area (Å²) < 4.78 is 22.1. The highest BCUT2D eigenvalue weighted by atomic mass is 31.1. The molecule has 0 bridgehead atoms. The van der Waals surface area contributed by atoms with Crippen molar-refractivity contribution < 1.29 is 23.2 Å². The highest BCUT2D eigenvalue weighted by Gasteiger charge is 2.35. The topological polar surface area (TPSA) is 69.7 Å². The van der Waals surface area contributed by atoms with Crippen LogP contribution in [0.4, 0.5) is 0 Å². The summed E-state index contributed by atoms with van der Waals surface area (Å²) in [4.78, 5) is 25.0. The van der Waals surface area contributed by atoms with E-state index in [1.807, 2.05) is 60.7 Å². The number of ketones is 2. The molecular weight excluding hydrogens is 375 g/mol. The first-order valence-corrected chi connectivity index (χ1v) is 10.2. The van der Waals surface area contributed by atoms with Crippen LogP contribution in [0.3, 0.4) is 0 Å². The third-order valence-electron chi connectivity index (χ3n) is 4.99. The molecule has 0 aliphatic carbocycles. The van der Waals surface area contributed by atoms with Crippen molar-refractivity contribution in [1.29, 1.82) is 0 Å². The lowest BCUT2D eigenvalue weighted by Gasteiger charge is -2.22. The van der Waals surface area contributed by atoms with Crippen molar-refractivity contribution in [2.75, 3.05) is 13.2 Å². The normalized spacial score (nSPS) is 11.9. The van der Waals surface area contributed by atoms with E-state index in [1.165, 1.54) is 0 Å². The van der Waals surface area contributed by atoms with Crippen LogP contribution < -0.4 is 0 Å². The molecule has 148 valence electrons. The molecule has 0 atom stereocenters. The average Bonchev–Trinajstić information content (AvgIpc) is 2.71. The monoisotopic (exact) mass is 401 g/mol. The Morgan fingerprint density at radius 1 is 0.714 bits per heavy atom. The van der Waals surface area contributed by atoms with Crippen molar-refractivity contribution in [2.45, 2.75) is 38.5 Å². The number of rotatable bonds is 10. The average molecular weight is 401 g/mol. The van der Waals surface area contributed by atoms with Gasteiger partial charge >= 0.3 is 8.25 Å². The smallest absolute Gasteiger partial charge is 0.296 e. The molecule has 6 heteroatoms. The van der Waals surface area contributed by atoms with Gasteiger partial charge in [0, 0.05) is 4.57 Å². The van der Waals surface area contributed by atoms with E-state index in [9.17, 15) is 14.2 Å². The SMILES string of the molecule is CC(C)(C(=O)CO[P+](=O)OCC(=O)C(C)(C)c1ccccc1)c1ccccc1. The van der Waals surface area contributed by atoms with Gasteiger partial charge in [-0.3, -0.25) is 9.59 Å². The molecule has 2 rings (SSSR count). The molecule has 0 aromatic heterocycles. The molecule has 28 heavy (non-hydrogen) atoms. The van der Waals surface area contributed by atoms with Crippen molar-refractivity contribution >= 4 is 19.8 Å². The van der Waals surface area contributed by atoms with E-state index < -0.39 is 19.1 Å². The van der Waals surface area contributed by atoms with Crippen molar-refractivity contribution in [1.82, 2.24) is 0 Å². The number of benzene rings is 2. The molecule has 0 amide bonds. The first-order valence-electron chi connectivity index (χ1n) is 9.06. The van der Waals surface area contributed by atoms with Crippen LogP contribution in [-0.2, 0) is 34.0 Å². The van der Waals surface area contributed by atoms with Gasteiger partial charge in [0.1, 0.15) is 0 Å². The second-order valence-corrected chi connectivity index (χ2v) is 8.56. The summed E-state index contributed by atoms with van der Waals surface area (Å²) in [5, 5.41) is 0. The van der Waals surface area contributed by atoms with Gasteiger partial charge < -0.3 is 0 Å². The molecule has 0 unspecified atom stereocenters. The molecule has 0 aliphatic heterocycles. The fourth-order valence-electron chi connectivity index (χ4n) is 2.65. The molecule has 0 saturated carbocycles. The lowest BCUT2D eigenvalue weighted by atomic mass is 9.81. The molecule has 0 radical (unpaired) electrons. The van der Waals surface area contributed by atoms with Crippen LogP contribution in [0, 0.1) is 0 Å². The van der Waals surface area contributed by atoms with Gasteiger partial charge in [-0.25, -0.2) is 0 Å². The third kappa shape index (κ3) is 5.41. The fourth-order valence-corrected chi connectivity index (χ4v) is 3.17. The minimum Gasteiger partial charge on any atom is -0.296 e. The van der Waals surface area contributed by atoms with Gasteiger partial charge in [-0.05, 0) is 38.8 Å². The quantitative estimate of drug-likeness (QED) is 0.537. The van der Waals surface area contributed by atoms with Gasteiger partial charge in [0.05, 0.1) is 10.8 Å². The Morgan fingerprint density at radius 3 is 1.36 bits per heavy atom. The summed E-state index contributed by atoms with van der Waals surface area (Å²) in [6.07, 6.45) is 0. The molecule has 0 heterocycles. The van der Waals surface area contributed by atoms with Gasteiger partial charge in [0.15, 0.2) is 24.8 Å². The van der Waals surface area contributed by atoms with Crippen molar-refractivity contribution in [2.24, 2.45) is 0 Å². The Labute approximate surface area is 167 Å². The molecule has 0 saturated heterocycles. The maximum atomic E-state index is 12.5. The number of Topliss-reactive ketones (excluding diaryl/α,β-unsaturated/α-hetero) is 2. The van der Waals surface area contributed by atoms with Crippen LogP contribution >= 0.6 is 8.25 Å². The van der Waals surface area contributed by atoms with Crippen molar-refractivity contribution in [3.63, 3.8) is 0 Å². The van der Waals surface area contributed by atoms with Gasteiger partial charge in [-0.15, -0.1) is 9.05 Å². The third-order valence-corrected chi connectivity index (χ3v) is 5.67. The molecule has 0 N–H and O–H groups in total. The number of hydrogen-bond donors (Lipinski definition) is 0. The first-order chi connectivity index (χ1) is 13.2. The highest BCUT2D eigenvalue weighted by Crippen LogP contribution is 2.30. The van der Waals surface area contributed by atoms with Crippen LogP contribution in [0.25, 0.3) is 0 Å². The number of hydrogen-bond acceptors (Lipinski definition) is 5. The molecule has 0 spiro atoms. The molecule has 2 aromatic carbocycles. The molecule has 0 fully saturated rings. The minimum absolute atomic E-state index is 0.221. The van der Waals surface area contributed by atoms with Crippen molar-refractivity contribution in [3.05, 3.63) is 71.8 Å². The Kier molecular flexibility index (Phi) is 7.36. The molecule has 2 aromatic rings. The first kappa shape index (κ1) is 22.1. The van der Waals surface area contributed by atoms with Crippen molar-refractivity contribution in [3.8, 4) is 0 Å². The molecule has 0 aliphatic rings. The minimum atomic E-state index is -2.57. The Morgan fingerprint density at radius 2 is 1.04 bits per heavy atom. The lowest BCUT2D eigenvalue weighted by molar-refractivity contribution is -0.126. The van der Waals surface area contributed by atoms with E-state index in [0.717, 1.165) is 11.1 Å². The Hall–Kier alpha value is -2.20. The summed E-state index contributed by atoms with van der Waals surface area (Å²) in [6.45, 7) is 6.43. The van der Waals surface area contributed by atoms with E-state index in [1.54, 1.807) is 27.7 Å². The maximum absolute atomic E-state index is 12.5. The zero-order chi connectivity index (χ0) is 20.8. The molecule has 5 nitrogen and oxygen atoms in total. The van der Waals surface area contributed by atoms with Gasteiger partial charge in [-0.2, -0.15) is 0 Å². The zero-order valence-electron chi connectivity index (χ0n) is 16.7. The Bertz CT molecular complexity index is 759. The zero-order valence-corrected chi connectivity index (χ0v) is 17.6. The summed E-state index contributed by atoms with van der Waals surface area (Å²) in [6, 6.07) is 18.6. The second kappa shape index (κ2) is 9.33. The summed E-state index contributed by atoms with van der Waals surface area (Å²) in [5.74, 6) is -0.441. The standard InChI is InChI=1S/C22H26O5P/c1-21(2,17-11-7-5-8-12-17)19(23)15-26-28(25)27-16-20(24)22(3,4)18-13-9-6-10-14-18/h5-14H,15-16H2,1-4H3/q+1. The van der Waals surface area contributed by atoms with Gasteiger partial charge in [0.25, 0.3) is 0 Å². The second-order valence-electron chi connectivity index (χ2n) is 7.60. The van der Waals surface area contributed by atoms with Crippen LogP contribution in [-0.4, -0.2) is 24.8 Å². The maximum Gasteiger partial charge on any atom is 0.698 e. The van der Waals surface area contributed by atoms with E-state index in [2.05, 4.69) is 0 Å². The van der Waals surface area contributed by atoms with Crippen LogP contribution in [0.15, 0.2) is 60.7 Å². The lowest BCUT2D eigenvalue weighted by Crippen LogP contribution is -2.32. The summed E-state index contributed by atoms with van der Waals surface area (Å²) >= 11 is 0. The summed E-state index contributed by atoms with van der Waals surface area (Å²) in [5.41, 5.74) is 0.143. The van der Waals surface area contributed by atoms with Crippen LogP contribution in [0.1, 0.15) is 38.8 Å². The largest absolute Gasteiger partial charge is 0.698 e.